The summed E-state index contributed by atoms with van der Waals surface area (Å²) in [6, 6.07) is 8.20. The molecule has 0 saturated heterocycles. The molecule has 9 heteroatoms. The third-order valence-corrected chi connectivity index (χ3v) is 4.79. The molecule has 2 amide bonds. The van der Waals surface area contributed by atoms with E-state index in [1.54, 1.807) is 44.3 Å². The lowest BCUT2D eigenvalue weighted by Gasteiger charge is -2.22. The van der Waals surface area contributed by atoms with Crippen LogP contribution in [-0.4, -0.2) is 32.1 Å². The smallest absolute Gasteiger partial charge is 0.274 e. The van der Waals surface area contributed by atoms with Crippen molar-refractivity contribution in [2.24, 2.45) is 0 Å². The number of benzene rings is 1. The molecule has 1 aromatic carbocycles. The highest BCUT2D eigenvalue weighted by Gasteiger charge is 2.24. The maximum Gasteiger partial charge on any atom is 0.274 e. The predicted octanol–water partition coefficient (Wildman–Crippen LogP) is 4.97. The quantitative estimate of drug-likeness (QED) is 0.575. The summed E-state index contributed by atoms with van der Waals surface area (Å²) < 4.78 is 1.38. The van der Waals surface area contributed by atoms with Crippen LogP contribution < -0.4 is 10.6 Å². The van der Waals surface area contributed by atoms with Crippen molar-refractivity contribution >= 4 is 40.7 Å². The second-order valence-corrected chi connectivity index (χ2v) is 9.04. The van der Waals surface area contributed by atoms with Crippen LogP contribution in [0.2, 0.25) is 10.0 Å². The van der Waals surface area contributed by atoms with Gasteiger partial charge in [-0.2, -0.15) is 5.10 Å². The standard InChI is InChI=1S/C22H23Cl2N5O2/c1-12-9-14(23)11-15(20(30)27-22(3,4)5)18(12)26-21(31)17-10-13(2)28-29(17)19-16(24)7-6-8-25-19/h6-11H,1-5H3,(H,26,31)(H,27,30). The van der Waals surface area contributed by atoms with E-state index in [0.717, 1.165) is 0 Å². The van der Waals surface area contributed by atoms with Crippen LogP contribution >= 0.6 is 23.2 Å². The predicted molar refractivity (Wildman–Crippen MR) is 122 cm³/mol. The van der Waals surface area contributed by atoms with E-state index in [1.807, 2.05) is 20.8 Å². The highest BCUT2D eigenvalue weighted by molar-refractivity contribution is 6.32. The molecule has 0 aliphatic carbocycles. The first kappa shape index (κ1) is 22.8. The largest absolute Gasteiger partial charge is 0.347 e. The van der Waals surface area contributed by atoms with Gasteiger partial charge in [0.15, 0.2) is 5.82 Å². The fraction of sp³-hybridized carbons (Fsp3) is 0.273. The molecular weight excluding hydrogens is 437 g/mol. The van der Waals surface area contributed by atoms with Gasteiger partial charge in [0.05, 0.1) is 22.0 Å². The zero-order valence-corrected chi connectivity index (χ0v) is 19.4. The SMILES string of the molecule is Cc1cc(C(=O)Nc2c(C)cc(Cl)cc2C(=O)NC(C)(C)C)n(-c2ncccc2Cl)n1. The Balaban J connectivity index is 2.02. The molecule has 2 aromatic heterocycles. The first-order valence-corrected chi connectivity index (χ1v) is 10.3. The van der Waals surface area contributed by atoms with Crippen molar-refractivity contribution < 1.29 is 9.59 Å². The second-order valence-electron chi connectivity index (χ2n) is 8.20. The van der Waals surface area contributed by atoms with Gasteiger partial charge in [-0.1, -0.05) is 23.2 Å². The Morgan fingerprint density at radius 1 is 1.06 bits per heavy atom. The van der Waals surface area contributed by atoms with E-state index >= 15 is 0 Å². The summed E-state index contributed by atoms with van der Waals surface area (Å²) in [6.45, 7) is 9.16. The summed E-state index contributed by atoms with van der Waals surface area (Å²) in [6.07, 6.45) is 1.57. The number of aromatic nitrogens is 3. The van der Waals surface area contributed by atoms with Crippen molar-refractivity contribution in [3.63, 3.8) is 0 Å². The maximum atomic E-state index is 13.2. The Morgan fingerprint density at radius 3 is 2.42 bits per heavy atom. The number of halogens is 2. The van der Waals surface area contributed by atoms with Crippen LogP contribution in [0.4, 0.5) is 5.69 Å². The average Bonchev–Trinajstić information content (AvgIpc) is 3.04. The molecule has 2 N–H and O–H groups in total. The van der Waals surface area contributed by atoms with Crippen LogP contribution in [0.25, 0.3) is 5.82 Å². The third kappa shape index (κ3) is 5.24. The highest BCUT2D eigenvalue weighted by Crippen LogP contribution is 2.27. The summed E-state index contributed by atoms with van der Waals surface area (Å²) in [7, 11) is 0. The minimum atomic E-state index is -0.461. The van der Waals surface area contributed by atoms with Gasteiger partial charge in [0.2, 0.25) is 0 Å². The maximum absolute atomic E-state index is 13.2. The highest BCUT2D eigenvalue weighted by atomic mass is 35.5. The first-order valence-electron chi connectivity index (χ1n) is 9.58. The van der Waals surface area contributed by atoms with Gasteiger partial charge in [-0.3, -0.25) is 9.59 Å². The van der Waals surface area contributed by atoms with E-state index < -0.39 is 11.4 Å². The monoisotopic (exact) mass is 459 g/mol. The Bertz CT molecular complexity index is 1170. The zero-order chi connectivity index (χ0) is 22.9. The lowest BCUT2D eigenvalue weighted by atomic mass is 10.0. The Labute approximate surface area is 190 Å². The molecule has 0 atom stereocenters. The van der Waals surface area contributed by atoms with Gasteiger partial charge in [0, 0.05) is 16.8 Å². The van der Waals surface area contributed by atoms with Gasteiger partial charge in [-0.05, 0) is 70.5 Å². The fourth-order valence-electron chi connectivity index (χ4n) is 3.03. The van der Waals surface area contributed by atoms with Crippen LogP contribution in [0.15, 0.2) is 36.5 Å². The van der Waals surface area contributed by atoms with Gasteiger partial charge in [-0.15, -0.1) is 0 Å². The molecule has 0 radical (unpaired) electrons. The molecule has 162 valence electrons. The van der Waals surface area contributed by atoms with Crippen LogP contribution in [0.3, 0.4) is 0 Å². The van der Waals surface area contributed by atoms with Gasteiger partial charge < -0.3 is 10.6 Å². The van der Waals surface area contributed by atoms with Crippen molar-refractivity contribution in [3.05, 3.63) is 69.1 Å². The Kier molecular flexibility index (Phi) is 6.38. The number of carbonyl (C=O) groups excluding carboxylic acids is 2. The van der Waals surface area contributed by atoms with Crippen molar-refractivity contribution in [2.75, 3.05) is 5.32 Å². The molecule has 0 aliphatic rings. The van der Waals surface area contributed by atoms with Gasteiger partial charge in [0.25, 0.3) is 11.8 Å². The molecule has 0 saturated carbocycles. The molecule has 3 aromatic rings. The zero-order valence-electron chi connectivity index (χ0n) is 17.9. The molecule has 2 heterocycles. The molecule has 31 heavy (non-hydrogen) atoms. The summed E-state index contributed by atoms with van der Waals surface area (Å²) >= 11 is 12.4. The van der Waals surface area contributed by atoms with Crippen LogP contribution in [0.1, 0.15) is 52.9 Å². The second kappa shape index (κ2) is 8.69. The number of anilines is 1. The number of nitrogens with zero attached hydrogens (tertiary/aromatic N) is 3. The minimum Gasteiger partial charge on any atom is -0.347 e. The van der Waals surface area contributed by atoms with E-state index in [-0.39, 0.29) is 17.2 Å². The summed E-state index contributed by atoms with van der Waals surface area (Å²) in [5.74, 6) is -0.468. The third-order valence-electron chi connectivity index (χ3n) is 4.28. The van der Waals surface area contributed by atoms with Gasteiger partial charge in [-0.25, -0.2) is 9.67 Å². The van der Waals surface area contributed by atoms with Gasteiger partial charge >= 0.3 is 0 Å². The molecule has 0 unspecified atom stereocenters. The number of amides is 2. The van der Waals surface area contributed by atoms with Crippen molar-refractivity contribution in [3.8, 4) is 5.82 Å². The number of rotatable bonds is 4. The molecule has 0 fully saturated rings. The van der Waals surface area contributed by atoms with Crippen molar-refractivity contribution in [2.45, 2.75) is 40.2 Å². The Morgan fingerprint density at radius 2 is 1.77 bits per heavy atom. The van der Waals surface area contributed by atoms with Crippen LogP contribution in [-0.2, 0) is 0 Å². The molecule has 0 aliphatic heterocycles. The summed E-state index contributed by atoms with van der Waals surface area (Å²) in [5.41, 5.74) is 1.68. The molecule has 7 nitrogen and oxygen atoms in total. The molecule has 0 bridgehead atoms. The molecule has 0 spiro atoms. The number of carbonyl (C=O) groups is 2. The Hall–Kier alpha value is -2.90. The number of hydrogen-bond acceptors (Lipinski definition) is 4. The van der Waals surface area contributed by atoms with E-state index in [2.05, 4.69) is 20.7 Å². The van der Waals surface area contributed by atoms with E-state index in [1.165, 1.54) is 10.7 Å². The van der Waals surface area contributed by atoms with E-state index in [4.69, 9.17) is 23.2 Å². The van der Waals surface area contributed by atoms with Crippen molar-refractivity contribution in [1.82, 2.24) is 20.1 Å². The first-order chi connectivity index (χ1) is 14.5. The lowest BCUT2D eigenvalue weighted by molar-refractivity contribution is 0.0920. The number of aryl methyl sites for hydroxylation is 2. The average molecular weight is 460 g/mol. The number of nitrogens with one attached hydrogen (secondary N) is 2. The topological polar surface area (TPSA) is 88.9 Å². The van der Waals surface area contributed by atoms with Gasteiger partial charge in [0.1, 0.15) is 5.69 Å². The molecular formula is C22H23Cl2N5O2. The normalized spacial score (nSPS) is 11.3. The summed E-state index contributed by atoms with van der Waals surface area (Å²) in [5, 5.41) is 10.8. The van der Waals surface area contributed by atoms with Crippen LogP contribution in [0, 0.1) is 13.8 Å². The van der Waals surface area contributed by atoms with Crippen molar-refractivity contribution in [1.29, 1.82) is 0 Å². The minimum absolute atomic E-state index is 0.231. The van der Waals surface area contributed by atoms with Crippen LogP contribution in [0.5, 0.6) is 0 Å². The summed E-state index contributed by atoms with van der Waals surface area (Å²) in [4.78, 5) is 30.3. The number of hydrogen-bond donors (Lipinski definition) is 2. The fourth-order valence-corrected chi connectivity index (χ4v) is 3.50. The van der Waals surface area contributed by atoms with E-state index in [0.29, 0.717) is 32.8 Å². The lowest BCUT2D eigenvalue weighted by Crippen LogP contribution is -2.41. The van der Waals surface area contributed by atoms with E-state index in [9.17, 15) is 9.59 Å². The molecule has 3 rings (SSSR count). The number of pyridine rings is 1.